The Morgan fingerprint density at radius 2 is 1.00 bits per heavy atom. The summed E-state index contributed by atoms with van der Waals surface area (Å²) in [7, 11) is 0. The Hall–Kier alpha value is -0.0400. The first-order valence-electron chi connectivity index (χ1n) is 8.77. The molecule has 0 atom stereocenters. The molecule has 0 aromatic carbocycles. The summed E-state index contributed by atoms with van der Waals surface area (Å²) in [6.07, 6.45) is 14.0. The highest BCUT2D eigenvalue weighted by Gasteiger charge is 2.19. The maximum Gasteiger partial charge on any atom is 0.0125 e. The molecule has 0 aromatic rings. The van der Waals surface area contributed by atoms with Gasteiger partial charge in [-0.3, -0.25) is 4.90 Å². The molecule has 0 aromatic heterocycles. The van der Waals surface area contributed by atoms with Crippen molar-refractivity contribution in [3.05, 3.63) is 0 Å². The van der Waals surface area contributed by atoms with Crippen molar-refractivity contribution in [2.24, 2.45) is 0 Å². The van der Waals surface area contributed by atoms with Crippen LogP contribution in [0.5, 0.6) is 0 Å². The van der Waals surface area contributed by atoms with Crippen LogP contribution in [0.25, 0.3) is 0 Å². The van der Waals surface area contributed by atoms with Gasteiger partial charge < -0.3 is 0 Å². The van der Waals surface area contributed by atoms with E-state index >= 15 is 0 Å². The Bertz CT molecular complexity index is 181. The van der Waals surface area contributed by atoms with Crippen LogP contribution < -0.4 is 0 Å². The van der Waals surface area contributed by atoms with E-state index in [0.717, 1.165) is 0 Å². The van der Waals surface area contributed by atoms with Crippen LogP contribution in [0.4, 0.5) is 0 Å². The third kappa shape index (κ3) is 11.5. The van der Waals surface area contributed by atoms with Gasteiger partial charge in [0.25, 0.3) is 0 Å². The van der Waals surface area contributed by atoms with E-state index in [1.54, 1.807) is 0 Å². The molecule has 1 heteroatoms. The maximum absolute atomic E-state index is 2.67. The van der Waals surface area contributed by atoms with Crippen LogP contribution >= 0.6 is 0 Å². The lowest BCUT2D eigenvalue weighted by Crippen LogP contribution is -2.42. The number of nitrogens with zero attached hydrogens (tertiary/aromatic N) is 1. The highest BCUT2D eigenvalue weighted by molar-refractivity contribution is 4.75. The molecule has 0 amide bonds. The minimum Gasteiger partial charge on any atom is -0.298 e. The second-order valence-corrected chi connectivity index (χ2v) is 6.99. The summed E-state index contributed by atoms with van der Waals surface area (Å²) in [4.78, 5) is 2.67. The van der Waals surface area contributed by atoms with Gasteiger partial charge in [-0.1, -0.05) is 65.2 Å². The predicted molar refractivity (Wildman–Crippen MR) is 88.8 cm³/mol. The second-order valence-electron chi connectivity index (χ2n) is 6.99. The number of unbranched alkanes of at least 4 members (excludes halogenated alkanes) is 8. The predicted octanol–water partition coefficient (Wildman–Crippen LogP) is 6.03. The van der Waals surface area contributed by atoms with E-state index in [9.17, 15) is 0 Å². The van der Waals surface area contributed by atoms with Crippen LogP contribution in [-0.2, 0) is 0 Å². The van der Waals surface area contributed by atoms with Crippen molar-refractivity contribution >= 4 is 0 Å². The topological polar surface area (TPSA) is 3.24 Å². The van der Waals surface area contributed by atoms with Crippen molar-refractivity contribution in [3.63, 3.8) is 0 Å². The summed E-state index contributed by atoms with van der Waals surface area (Å²) in [5.41, 5.74) is 0.344. The first kappa shape index (κ1) is 19.0. The smallest absolute Gasteiger partial charge is 0.0125 e. The molecule has 0 aliphatic heterocycles. The standard InChI is InChI=1S/C18H39N/c1-6-8-10-11-12-13-14-15-17-19(16-9-7-2)18(3,4)5/h6-17H2,1-5H3. The molecule has 0 heterocycles. The lowest BCUT2D eigenvalue weighted by Gasteiger charge is -2.35. The zero-order valence-corrected chi connectivity index (χ0v) is 14.4. The van der Waals surface area contributed by atoms with E-state index in [1.165, 1.54) is 77.3 Å². The van der Waals surface area contributed by atoms with Gasteiger partial charge in [-0.25, -0.2) is 0 Å². The molecule has 0 aliphatic rings. The molecule has 0 radical (unpaired) electrons. The molecule has 19 heavy (non-hydrogen) atoms. The SMILES string of the molecule is CCCCCCCCCCN(CCCC)C(C)(C)C. The fraction of sp³-hybridized carbons (Fsp3) is 1.00. The summed E-state index contributed by atoms with van der Waals surface area (Å²) in [5, 5.41) is 0. The van der Waals surface area contributed by atoms with Crippen molar-refractivity contribution in [1.82, 2.24) is 4.90 Å². The van der Waals surface area contributed by atoms with Gasteiger partial charge in [0.05, 0.1) is 0 Å². The first-order chi connectivity index (χ1) is 9.02. The molecular formula is C18H39N. The fourth-order valence-corrected chi connectivity index (χ4v) is 2.57. The molecule has 0 unspecified atom stereocenters. The zero-order chi connectivity index (χ0) is 14.6. The molecule has 0 aliphatic carbocycles. The number of hydrogen-bond donors (Lipinski definition) is 0. The van der Waals surface area contributed by atoms with E-state index in [-0.39, 0.29) is 0 Å². The fourth-order valence-electron chi connectivity index (χ4n) is 2.57. The Labute approximate surface area is 123 Å². The number of hydrogen-bond acceptors (Lipinski definition) is 1. The van der Waals surface area contributed by atoms with E-state index in [2.05, 4.69) is 39.5 Å². The van der Waals surface area contributed by atoms with Gasteiger partial charge >= 0.3 is 0 Å². The molecule has 0 rings (SSSR count). The van der Waals surface area contributed by atoms with Crippen LogP contribution in [0, 0.1) is 0 Å². The largest absolute Gasteiger partial charge is 0.298 e. The van der Waals surface area contributed by atoms with Gasteiger partial charge in [0.15, 0.2) is 0 Å². The molecule has 0 N–H and O–H groups in total. The minimum absolute atomic E-state index is 0.344. The van der Waals surface area contributed by atoms with E-state index in [4.69, 9.17) is 0 Å². The average molecular weight is 270 g/mol. The van der Waals surface area contributed by atoms with Crippen molar-refractivity contribution < 1.29 is 0 Å². The molecular weight excluding hydrogens is 230 g/mol. The van der Waals surface area contributed by atoms with E-state index < -0.39 is 0 Å². The zero-order valence-electron chi connectivity index (χ0n) is 14.4. The van der Waals surface area contributed by atoms with Gasteiger partial charge in [0.2, 0.25) is 0 Å². The van der Waals surface area contributed by atoms with Crippen molar-refractivity contribution in [3.8, 4) is 0 Å². The van der Waals surface area contributed by atoms with E-state index in [1.807, 2.05) is 0 Å². The molecule has 1 nitrogen and oxygen atoms in total. The minimum atomic E-state index is 0.344. The highest BCUT2D eigenvalue weighted by atomic mass is 15.2. The van der Waals surface area contributed by atoms with Gasteiger partial charge in [0.1, 0.15) is 0 Å². The summed E-state index contributed by atoms with van der Waals surface area (Å²) in [6, 6.07) is 0. The van der Waals surface area contributed by atoms with Crippen LogP contribution in [0.1, 0.15) is 98.8 Å². The van der Waals surface area contributed by atoms with Crippen molar-refractivity contribution in [2.45, 2.75) is 104 Å². The first-order valence-corrected chi connectivity index (χ1v) is 8.77. The molecule has 116 valence electrons. The Balaban J connectivity index is 3.58. The van der Waals surface area contributed by atoms with Crippen LogP contribution in [-0.4, -0.2) is 23.5 Å². The van der Waals surface area contributed by atoms with Crippen molar-refractivity contribution in [1.29, 1.82) is 0 Å². The van der Waals surface area contributed by atoms with Crippen molar-refractivity contribution in [2.75, 3.05) is 13.1 Å². The molecule has 0 spiro atoms. The Kier molecular flexibility index (Phi) is 11.7. The quantitative estimate of drug-likeness (QED) is 0.391. The third-order valence-corrected chi connectivity index (χ3v) is 4.01. The highest BCUT2D eigenvalue weighted by Crippen LogP contribution is 2.16. The summed E-state index contributed by atoms with van der Waals surface area (Å²) >= 11 is 0. The molecule has 0 saturated heterocycles. The summed E-state index contributed by atoms with van der Waals surface area (Å²) in [6.45, 7) is 14.2. The second kappa shape index (κ2) is 11.8. The maximum atomic E-state index is 2.67. The Morgan fingerprint density at radius 1 is 0.579 bits per heavy atom. The third-order valence-electron chi connectivity index (χ3n) is 4.01. The molecule has 0 fully saturated rings. The lowest BCUT2D eigenvalue weighted by molar-refractivity contribution is 0.131. The summed E-state index contributed by atoms with van der Waals surface area (Å²) < 4.78 is 0. The number of rotatable bonds is 12. The van der Waals surface area contributed by atoms with Crippen LogP contribution in [0.15, 0.2) is 0 Å². The average Bonchev–Trinajstić information content (AvgIpc) is 2.34. The van der Waals surface area contributed by atoms with E-state index in [0.29, 0.717) is 5.54 Å². The van der Waals surface area contributed by atoms with Gasteiger partial charge in [-0.05, 0) is 46.7 Å². The normalized spacial score (nSPS) is 12.3. The molecule has 0 bridgehead atoms. The van der Waals surface area contributed by atoms with Crippen LogP contribution in [0.2, 0.25) is 0 Å². The van der Waals surface area contributed by atoms with Crippen LogP contribution in [0.3, 0.4) is 0 Å². The van der Waals surface area contributed by atoms with Gasteiger partial charge in [-0.15, -0.1) is 0 Å². The van der Waals surface area contributed by atoms with Gasteiger partial charge in [0, 0.05) is 5.54 Å². The molecule has 0 saturated carbocycles. The Morgan fingerprint density at radius 3 is 1.47 bits per heavy atom. The summed E-state index contributed by atoms with van der Waals surface area (Å²) in [5.74, 6) is 0. The lowest BCUT2D eigenvalue weighted by atomic mass is 10.0. The van der Waals surface area contributed by atoms with Gasteiger partial charge in [-0.2, -0.15) is 0 Å². The monoisotopic (exact) mass is 269 g/mol.